The van der Waals surface area contributed by atoms with E-state index >= 15 is 0 Å². The molecule has 0 aromatic carbocycles. The first-order chi connectivity index (χ1) is 6.77. The number of aliphatic carboxylic acids is 3. The average molecular weight is 216 g/mol. The van der Waals surface area contributed by atoms with E-state index in [2.05, 4.69) is 0 Å². The summed E-state index contributed by atoms with van der Waals surface area (Å²) in [7, 11) is 0. The van der Waals surface area contributed by atoms with Gasteiger partial charge in [-0.05, 0) is 0 Å². The summed E-state index contributed by atoms with van der Waals surface area (Å²) in [5.41, 5.74) is -1.41. The van der Waals surface area contributed by atoms with Crippen molar-refractivity contribution in [2.24, 2.45) is 0 Å². The molecule has 8 nitrogen and oxygen atoms in total. The highest BCUT2D eigenvalue weighted by atomic mass is 16.4. The van der Waals surface area contributed by atoms with Crippen molar-refractivity contribution in [2.45, 2.75) is 0 Å². The molecule has 0 aliphatic carbocycles. The van der Waals surface area contributed by atoms with Gasteiger partial charge in [-0.2, -0.15) is 0 Å². The molecule has 0 atom stereocenters. The molecule has 80 valence electrons. The zero-order valence-electron chi connectivity index (χ0n) is 6.96. The Morgan fingerprint density at radius 1 is 0.733 bits per heavy atom. The van der Waals surface area contributed by atoms with Crippen LogP contribution in [0.15, 0.2) is 11.6 Å². The lowest BCUT2D eigenvalue weighted by Crippen LogP contribution is -2.23. The molecule has 0 aromatic rings. The topological polar surface area (TPSA) is 146 Å². The number of Topliss-reactive ketones (excluding diaryl/α,β-unsaturated/α-hetero) is 1. The first-order valence-corrected chi connectivity index (χ1v) is 3.27. The molecule has 0 rings (SSSR count). The van der Waals surface area contributed by atoms with Crippen LogP contribution >= 0.6 is 0 Å². The third-order valence-corrected chi connectivity index (χ3v) is 1.16. The summed E-state index contributed by atoms with van der Waals surface area (Å²) in [6.45, 7) is 0. The zero-order valence-corrected chi connectivity index (χ0v) is 6.96. The van der Waals surface area contributed by atoms with Crippen LogP contribution in [-0.2, 0) is 24.0 Å². The molecule has 0 spiro atoms. The van der Waals surface area contributed by atoms with Gasteiger partial charge in [0.25, 0.3) is 11.6 Å². The van der Waals surface area contributed by atoms with Crippen LogP contribution in [0.2, 0.25) is 0 Å². The van der Waals surface area contributed by atoms with Crippen molar-refractivity contribution >= 4 is 29.5 Å². The molecular weight excluding hydrogens is 212 g/mol. The van der Waals surface area contributed by atoms with E-state index in [-0.39, 0.29) is 6.08 Å². The van der Waals surface area contributed by atoms with Crippen molar-refractivity contribution in [1.29, 1.82) is 0 Å². The predicted molar refractivity (Wildman–Crippen MR) is 41.0 cm³/mol. The van der Waals surface area contributed by atoms with Gasteiger partial charge in [0.2, 0.25) is 0 Å². The van der Waals surface area contributed by atoms with E-state index in [1.807, 2.05) is 0 Å². The summed E-state index contributed by atoms with van der Waals surface area (Å²) in [4.78, 5) is 51.5. The summed E-state index contributed by atoms with van der Waals surface area (Å²) < 4.78 is 0. The van der Waals surface area contributed by atoms with Crippen LogP contribution in [0.4, 0.5) is 0 Å². The van der Waals surface area contributed by atoms with Crippen LogP contribution in [0, 0.1) is 0 Å². The monoisotopic (exact) mass is 216 g/mol. The van der Waals surface area contributed by atoms with E-state index in [1.165, 1.54) is 0 Å². The Labute approximate surface area is 81.4 Å². The minimum atomic E-state index is -2.10. The Morgan fingerprint density at radius 2 is 1.20 bits per heavy atom. The number of carbonyl (C=O) groups is 5. The largest absolute Gasteiger partial charge is 0.478 e. The van der Waals surface area contributed by atoms with Crippen LogP contribution in [0.1, 0.15) is 0 Å². The van der Waals surface area contributed by atoms with Crippen LogP contribution in [0.25, 0.3) is 0 Å². The van der Waals surface area contributed by atoms with Crippen molar-refractivity contribution in [3.63, 3.8) is 0 Å². The fraction of sp³-hybridized carbons (Fsp3) is 0. The second kappa shape index (κ2) is 4.65. The maximum absolute atomic E-state index is 10.6. The Bertz CT molecular complexity index is 388. The van der Waals surface area contributed by atoms with Gasteiger partial charge in [-0.25, -0.2) is 14.4 Å². The number of carbonyl (C=O) groups excluding carboxylic acids is 2. The quantitative estimate of drug-likeness (QED) is 0.213. The highest BCUT2D eigenvalue weighted by molar-refractivity contribution is 6.49. The van der Waals surface area contributed by atoms with Gasteiger partial charge < -0.3 is 15.3 Å². The number of ketones is 2. The first kappa shape index (κ1) is 12.5. The Balaban J connectivity index is 5.25. The van der Waals surface area contributed by atoms with Gasteiger partial charge in [-0.3, -0.25) is 9.59 Å². The lowest BCUT2D eigenvalue weighted by atomic mass is 10.1. The van der Waals surface area contributed by atoms with Gasteiger partial charge in [0.15, 0.2) is 0 Å². The van der Waals surface area contributed by atoms with Gasteiger partial charge in [0, 0.05) is 6.08 Å². The van der Waals surface area contributed by atoms with Crippen molar-refractivity contribution in [3.05, 3.63) is 11.6 Å². The second-order valence-corrected chi connectivity index (χ2v) is 2.17. The van der Waals surface area contributed by atoms with Crippen molar-refractivity contribution in [1.82, 2.24) is 0 Å². The zero-order chi connectivity index (χ0) is 12.2. The molecule has 15 heavy (non-hydrogen) atoms. The number of carboxylic acids is 3. The minimum absolute atomic E-state index is 0.0544. The van der Waals surface area contributed by atoms with Gasteiger partial charge in [0.1, 0.15) is 5.57 Å². The van der Waals surface area contributed by atoms with E-state index in [0.717, 1.165) is 0 Å². The third-order valence-electron chi connectivity index (χ3n) is 1.16. The van der Waals surface area contributed by atoms with Crippen LogP contribution in [0.5, 0.6) is 0 Å². The number of hydrogen-bond acceptors (Lipinski definition) is 5. The van der Waals surface area contributed by atoms with Gasteiger partial charge in [-0.1, -0.05) is 0 Å². The Kier molecular flexibility index (Phi) is 3.87. The summed E-state index contributed by atoms with van der Waals surface area (Å²) in [5.74, 6) is -9.63. The Hall–Kier alpha value is -2.51. The normalized spacial score (nSPS) is 10.5. The molecule has 0 bridgehead atoms. The third kappa shape index (κ3) is 3.38. The fourth-order valence-electron chi connectivity index (χ4n) is 0.532. The summed E-state index contributed by atoms with van der Waals surface area (Å²) in [6.07, 6.45) is -0.0544. The van der Waals surface area contributed by atoms with Crippen LogP contribution in [0.3, 0.4) is 0 Å². The molecular formula is C7H4O8. The lowest BCUT2D eigenvalue weighted by molar-refractivity contribution is -0.149. The number of rotatable bonds is 5. The van der Waals surface area contributed by atoms with Crippen LogP contribution < -0.4 is 0 Å². The lowest BCUT2D eigenvalue weighted by Gasteiger charge is -1.94. The predicted octanol–water partition coefficient (Wildman–Crippen LogP) is -1.70. The molecule has 0 saturated heterocycles. The fourth-order valence-corrected chi connectivity index (χ4v) is 0.532. The molecule has 0 aromatic heterocycles. The highest BCUT2D eigenvalue weighted by Gasteiger charge is 2.26. The average Bonchev–Trinajstić information content (AvgIpc) is 2.11. The number of hydrogen-bond donors (Lipinski definition) is 3. The molecule has 0 saturated carbocycles. The van der Waals surface area contributed by atoms with E-state index in [9.17, 15) is 24.0 Å². The standard InChI is InChI=1S/C7H4O8/c8-3(6(12)13)1-2(5(10)11)4(9)7(14)15/h1H,(H,10,11)(H,12,13)(H,14,15). The molecule has 0 unspecified atom stereocenters. The number of carboxylic acid groups (broad SMARTS) is 3. The molecule has 0 aliphatic heterocycles. The first-order valence-electron chi connectivity index (χ1n) is 3.27. The van der Waals surface area contributed by atoms with Crippen molar-refractivity contribution < 1.29 is 39.3 Å². The van der Waals surface area contributed by atoms with Crippen LogP contribution in [-0.4, -0.2) is 44.8 Å². The van der Waals surface area contributed by atoms with Gasteiger partial charge in [-0.15, -0.1) is 0 Å². The SMILES string of the molecule is O=C(O)C(=O)C=C(C(=O)O)C(=O)C(=O)O. The second-order valence-electron chi connectivity index (χ2n) is 2.17. The van der Waals surface area contributed by atoms with E-state index in [1.54, 1.807) is 0 Å². The van der Waals surface area contributed by atoms with Crippen molar-refractivity contribution in [3.8, 4) is 0 Å². The smallest absolute Gasteiger partial charge is 0.377 e. The molecule has 8 heteroatoms. The molecule has 0 heterocycles. The van der Waals surface area contributed by atoms with E-state index in [4.69, 9.17) is 15.3 Å². The molecule has 0 aliphatic rings. The van der Waals surface area contributed by atoms with E-state index in [0.29, 0.717) is 0 Å². The van der Waals surface area contributed by atoms with E-state index < -0.39 is 35.0 Å². The highest BCUT2D eigenvalue weighted by Crippen LogP contribution is 1.98. The van der Waals surface area contributed by atoms with Gasteiger partial charge in [0.05, 0.1) is 0 Å². The molecule has 0 fully saturated rings. The van der Waals surface area contributed by atoms with Crippen molar-refractivity contribution in [2.75, 3.05) is 0 Å². The molecule has 0 radical (unpaired) electrons. The summed E-state index contributed by atoms with van der Waals surface area (Å²) >= 11 is 0. The molecule has 0 amide bonds. The maximum Gasteiger partial charge on any atom is 0.377 e. The summed E-state index contributed by atoms with van der Waals surface area (Å²) in [6, 6.07) is 0. The Morgan fingerprint density at radius 3 is 1.47 bits per heavy atom. The minimum Gasteiger partial charge on any atom is -0.478 e. The molecule has 3 N–H and O–H groups in total. The maximum atomic E-state index is 10.6. The van der Waals surface area contributed by atoms with Gasteiger partial charge >= 0.3 is 17.9 Å². The summed E-state index contributed by atoms with van der Waals surface area (Å²) in [5, 5.41) is 24.6.